The molecular formula is C14H20N2O2. The van der Waals surface area contributed by atoms with Crippen LogP contribution in [0.4, 0.5) is 0 Å². The van der Waals surface area contributed by atoms with Gasteiger partial charge >= 0.3 is 0 Å². The number of nitrogens with one attached hydrogen (secondary N) is 1. The molecule has 0 unspecified atom stereocenters. The van der Waals surface area contributed by atoms with Crippen LogP contribution in [0, 0.1) is 5.41 Å². The Hall–Kier alpha value is -1.71. The Balaban J connectivity index is 2.29. The molecule has 4 nitrogen and oxygen atoms in total. The van der Waals surface area contributed by atoms with Gasteiger partial charge in [0.15, 0.2) is 0 Å². The summed E-state index contributed by atoms with van der Waals surface area (Å²) in [6, 6.07) is 5.55. The Morgan fingerprint density at radius 3 is 2.50 bits per heavy atom. The molecule has 0 aliphatic rings. The van der Waals surface area contributed by atoms with Crippen LogP contribution in [-0.4, -0.2) is 16.7 Å². The first-order valence-corrected chi connectivity index (χ1v) is 6.09. The van der Waals surface area contributed by atoms with E-state index < -0.39 is 0 Å². The lowest BCUT2D eigenvalue weighted by atomic mass is 9.88. The Morgan fingerprint density at radius 1 is 1.22 bits per heavy atom. The van der Waals surface area contributed by atoms with Gasteiger partial charge in [-0.1, -0.05) is 26.8 Å². The molecule has 98 valence electrons. The molecule has 1 N–H and O–H groups in total. The predicted octanol–water partition coefficient (Wildman–Crippen LogP) is 2.09. The van der Waals surface area contributed by atoms with E-state index in [9.17, 15) is 9.59 Å². The van der Waals surface area contributed by atoms with Crippen LogP contribution in [0.25, 0.3) is 0 Å². The maximum atomic E-state index is 11.7. The van der Waals surface area contributed by atoms with Crippen LogP contribution in [0.15, 0.2) is 24.4 Å². The highest BCUT2D eigenvalue weighted by Gasteiger charge is 2.21. The van der Waals surface area contributed by atoms with Gasteiger partial charge in [0.1, 0.15) is 5.78 Å². The van der Waals surface area contributed by atoms with Crippen molar-refractivity contribution in [2.75, 3.05) is 0 Å². The molecule has 0 fully saturated rings. The lowest BCUT2D eigenvalue weighted by molar-refractivity contribution is -0.129. The smallest absolute Gasteiger partial charge is 0.220 e. The van der Waals surface area contributed by atoms with Gasteiger partial charge < -0.3 is 5.32 Å². The highest BCUT2D eigenvalue weighted by molar-refractivity contribution is 5.88. The Kier molecular flexibility index (Phi) is 5.01. The van der Waals surface area contributed by atoms with Gasteiger partial charge in [-0.25, -0.2) is 0 Å². The van der Waals surface area contributed by atoms with Crippen LogP contribution in [0.5, 0.6) is 0 Å². The third-order valence-corrected chi connectivity index (χ3v) is 2.61. The fraction of sp³-hybridized carbons (Fsp3) is 0.500. The number of carbonyl (C=O) groups is 2. The van der Waals surface area contributed by atoms with E-state index in [-0.39, 0.29) is 29.9 Å². The summed E-state index contributed by atoms with van der Waals surface area (Å²) in [6.45, 7) is 5.99. The zero-order valence-corrected chi connectivity index (χ0v) is 11.2. The van der Waals surface area contributed by atoms with Crippen molar-refractivity contribution in [1.29, 1.82) is 0 Å². The van der Waals surface area contributed by atoms with E-state index in [2.05, 4.69) is 10.3 Å². The van der Waals surface area contributed by atoms with Crippen LogP contribution < -0.4 is 5.32 Å². The maximum Gasteiger partial charge on any atom is 0.220 e. The first kappa shape index (κ1) is 14.4. The van der Waals surface area contributed by atoms with Crippen LogP contribution in [0.3, 0.4) is 0 Å². The number of rotatable bonds is 5. The molecule has 0 aliphatic carbocycles. The van der Waals surface area contributed by atoms with Gasteiger partial charge in [-0.05, 0) is 12.1 Å². The molecule has 0 spiro atoms. The zero-order valence-electron chi connectivity index (χ0n) is 11.2. The van der Waals surface area contributed by atoms with Crippen LogP contribution in [0.1, 0.15) is 39.3 Å². The van der Waals surface area contributed by atoms with Gasteiger partial charge in [0.2, 0.25) is 5.91 Å². The summed E-state index contributed by atoms with van der Waals surface area (Å²) in [5, 5.41) is 2.75. The summed E-state index contributed by atoms with van der Waals surface area (Å²) in [5.74, 6) is -0.00580. The lowest BCUT2D eigenvalue weighted by Crippen LogP contribution is -2.26. The first-order chi connectivity index (χ1) is 8.39. The minimum atomic E-state index is -0.374. The second-order valence-corrected chi connectivity index (χ2v) is 5.27. The number of pyridine rings is 1. The van der Waals surface area contributed by atoms with Gasteiger partial charge in [-0.3, -0.25) is 14.6 Å². The average molecular weight is 248 g/mol. The van der Waals surface area contributed by atoms with Gasteiger partial charge in [-0.15, -0.1) is 0 Å². The average Bonchev–Trinajstić information content (AvgIpc) is 2.33. The molecule has 1 heterocycles. The highest BCUT2D eigenvalue weighted by atomic mass is 16.2. The van der Waals surface area contributed by atoms with Crippen molar-refractivity contribution < 1.29 is 9.59 Å². The van der Waals surface area contributed by atoms with Crippen molar-refractivity contribution in [2.24, 2.45) is 5.41 Å². The van der Waals surface area contributed by atoms with Crippen molar-refractivity contribution in [2.45, 2.75) is 40.2 Å². The molecule has 0 radical (unpaired) electrons. The number of hydrogen-bond donors (Lipinski definition) is 1. The van der Waals surface area contributed by atoms with Crippen LogP contribution >= 0.6 is 0 Å². The minimum absolute atomic E-state index is 0.107. The topological polar surface area (TPSA) is 59.1 Å². The Bertz CT molecular complexity index is 408. The SMILES string of the molecule is CC(C)(C)C(=O)CCC(=O)NCc1ccccn1. The van der Waals surface area contributed by atoms with Crippen molar-refractivity contribution in [3.63, 3.8) is 0 Å². The number of aromatic nitrogens is 1. The maximum absolute atomic E-state index is 11.7. The van der Waals surface area contributed by atoms with E-state index in [1.165, 1.54) is 0 Å². The second kappa shape index (κ2) is 6.28. The molecule has 1 aromatic heterocycles. The number of Topliss-reactive ketones (excluding diaryl/α,β-unsaturated/α-hetero) is 1. The number of nitrogens with zero attached hydrogens (tertiary/aromatic N) is 1. The van der Waals surface area contributed by atoms with Crippen molar-refractivity contribution in [1.82, 2.24) is 10.3 Å². The van der Waals surface area contributed by atoms with E-state index in [0.29, 0.717) is 6.54 Å². The molecule has 0 saturated carbocycles. The predicted molar refractivity (Wildman–Crippen MR) is 69.8 cm³/mol. The number of amides is 1. The van der Waals surface area contributed by atoms with Crippen molar-refractivity contribution in [3.05, 3.63) is 30.1 Å². The molecule has 1 amide bonds. The summed E-state index contributed by atoms with van der Waals surface area (Å²) < 4.78 is 0. The largest absolute Gasteiger partial charge is 0.350 e. The van der Waals surface area contributed by atoms with Gasteiger partial charge in [0.25, 0.3) is 0 Å². The third-order valence-electron chi connectivity index (χ3n) is 2.61. The van der Waals surface area contributed by atoms with E-state index in [4.69, 9.17) is 0 Å². The summed E-state index contributed by atoms with van der Waals surface area (Å²) in [4.78, 5) is 27.3. The molecule has 4 heteroatoms. The summed E-state index contributed by atoms with van der Waals surface area (Å²) in [6.07, 6.45) is 2.21. The molecule has 0 bridgehead atoms. The molecule has 0 atom stereocenters. The molecule has 1 rings (SSSR count). The van der Waals surface area contributed by atoms with Gasteiger partial charge in [-0.2, -0.15) is 0 Å². The molecule has 0 aromatic carbocycles. The van der Waals surface area contributed by atoms with E-state index >= 15 is 0 Å². The molecule has 1 aromatic rings. The third kappa shape index (κ3) is 5.08. The summed E-state index contributed by atoms with van der Waals surface area (Å²) in [7, 11) is 0. The van der Waals surface area contributed by atoms with E-state index in [0.717, 1.165) is 5.69 Å². The second-order valence-electron chi connectivity index (χ2n) is 5.27. The number of hydrogen-bond acceptors (Lipinski definition) is 3. The fourth-order valence-electron chi connectivity index (χ4n) is 1.38. The van der Waals surface area contributed by atoms with Crippen LogP contribution in [0.2, 0.25) is 0 Å². The molecule has 0 saturated heterocycles. The van der Waals surface area contributed by atoms with Crippen LogP contribution in [-0.2, 0) is 16.1 Å². The minimum Gasteiger partial charge on any atom is -0.350 e. The Morgan fingerprint density at radius 2 is 1.94 bits per heavy atom. The van der Waals surface area contributed by atoms with Crippen molar-refractivity contribution in [3.8, 4) is 0 Å². The zero-order chi connectivity index (χ0) is 13.6. The van der Waals surface area contributed by atoms with Crippen molar-refractivity contribution >= 4 is 11.7 Å². The standard InChI is InChI=1S/C14H20N2O2/c1-14(2,3)12(17)7-8-13(18)16-10-11-6-4-5-9-15-11/h4-6,9H,7-8,10H2,1-3H3,(H,16,18). The number of carbonyl (C=O) groups excluding carboxylic acids is 2. The fourth-order valence-corrected chi connectivity index (χ4v) is 1.38. The summed E-state index contributed by atoms with van der Waals surface area (Å²) >= 11 is 0. The molecular weight excluding hydrogens is 228 g/mol. The summed E-state index contributed by atoms with van der Waals surface area (Å²) in [5.41, 5.74) is 0.439. The number of ketones is 1. The molecule has 18 heavy (non-hydrogen) atoms. The lowest BCUT2D eigenvalue weighted by Gasteiger charge is -2.15. The monoisotopic (exact) mass is 248 g/mol. The van der Waals surface area contributed by atoms with Gasteiger partial charge in [0.05, 0.1) is 12.2 Å². The quantitative estimate of drug-likeness (QED) is 0.868. The Labute approximate surface area is 108 Å². The van der Waals surface area contributed by atoms with Gasteiger partial charge in [0, 0.05) is 24.5 Å². The normalized spacial score (nSPS) is 11.1. The van der Waals surface area contributed by atoms with E-state index in [1.54, 1.807) is 6.20 Å². The molecule has 0 aliphatic heterocycles. The van der Waals surface area contributed by atoms with E-state index in [1.807, 2.05) is 39.0 Å². The highest BCUT2D eigenvalue weighted by Crippen LogP contribution is 2.17. The first-order valence-electron chi connectivity index (χ1n) is 6.09.